The smallest absolute Gasteiger partial charge is 0.269 e. The largest absolute Gasteiger partial charge is 0.489 e. The van der Waals surface area contributed by atoms with Crippen LogP contribution in [0.4, 0.5) is 5.69 Å². The van der Waals surface area contributed by atoms with Crippen LogP contribution in [0.1, 0.15) is 27.0 Å². The van der Waals surface area contributed by atoms with Crippen molar-refractivity contribution in [3.8, 4) is 11.5 Å². The van der Waals surface area contributed by atoms with Crippen molar-refractivity contribution in [2.75, 3.05) is 0 Å². The zero-order valence-corrected chi connectivity index (χ0v) is 17.7. The molecule has 3 aromatic carbocycles. The summed E-state index contributed by atoms with van der Waals surface area (Å²) in [6.45, 7) is 1.96. The molecule has 0 atom stereocenters. The molecule has 1 aliphatic rings. The summed E-state index contributed by atoms with van der Waals surface area (Å²) in [5.41, 5.74) is 2.41. The summed E-state index contributed by atoms with van der Waals surface area (Å²) in [5, 5.41) is 11.8. The lowest BCUT2D eigenvalue weighted by Gasteiger charge is -2.11. The summed E-state index contributed by atoms with van der Waals surface area (Å²) in [4.78, 5) is 23.1. The van der Waals surface area contributed by atoms with Gasteiger partial charge in [-0.25, -0.2) is 0 Å². The molecule has 0 unspecified atom stereocenters. The zero-order valence-electron chi connectivity index (χ0n) is 16.2. The molecule has 156 valence electrons. The van der Waals surface area contributed by atoms with E-state index in [9.17, 15) is 14.9 Å². The van der Waals surface area contributed by atoms with E-state index in [1.807, 2.05) is 0 Å². The molecule has 0 radical (unpaired) electrons. The number of ketones is 1. The van der Waals surface area contributed by atoms with E-state index < -0.39 is 4.92 Å². The van der Waals surface area contributed by atoms with Gasteiger partial charge >= 0.3 is 0 Å². The molecule has 0 aromatic heterocycles. The predicted octanol–water partition coefficient (Wildman–Crippen LogP) is 6.41. The number of Topliss-reactive ketones (excluding diaryl/α,β-unsaturated/α-hetero) is 1. The maximum atomic E-state index is 12.8. The van der Waals surface area contributed by atoms with Gasteiger partial charge in [0.15, 0.2) is 5.76 Å². The van der Waals surface area contributed by atoms with Crippen molar-refractivity contribution in [2.24, 2.45) is 0 Å². The number of hydrogen-bond donors (Lipinski definition) is 0. The SMILES string of the molecule is Cc1cc(OCc2c(Cl)cccc2Cl)cc2c1C(=O)/C(=C/c1ccc([N+](=O)[O-])cc1)O2. The van der Waals surface area contributed by atoms with Gasteiger partial charge in [0.05, 0.1) is 10.5 Å². The van der Waals surface area contributed by atoms with Gasteiger partial charge in [-0.3, -0.25) is 14.9 Å². The van der Waals surface area contributed by atoms with Gasteiger partial charge in [0.2, 0.25) is 5.78 Å². The Labute approximate surface area is 187 Å². The van der Waals surface area contributed by atoms with Crippen molar-refractivity contribution in [3.05, 3.63) is 103 Å². The molecule has 0 saturated heterocycles. The number of rotatable bonds is 5. The summed E-state index contributed by atoms with van der Waals surface area (Å²) >= 11 is 12.4. The average Bonchev–Trinajstić information content (AvgIpc) is 3.03. The Hall–Kier alpha value is -3.35. The van der Waals surface area contributed by atoms with Crippen LogP contribution in [0.5, 0.6) is 11.5 Å². The highest BCUT2D eigenvalue weighted by atomic mass is 35.5. The van der Waals surface area contributed by atoms with Gasteiger partial charge in [-0.05, 0) is 54.5 Å². The summed E-state index contributed by atoms with van der Waals surface area (Å²) in [6, 6.07) is 14.5. The minimum Gasteiger partial charge on any atom is -0.489 e. The van der Waals surface area contributed by atoms with Gasteiger partial charge in [-0.2, -0.15) is 0 Å². The van der Waals surface area contributed by atoms with Crippen LogP contribution in [0.15, 0.2) is 60.4 Å². The summed E-state index contributed by atoms with van der Waals surface area (Å²) < 4.78 is 11.6. The monoisotopic (exact) mass is 455 g/mol. The number of nitro groups is 1. The van der Waals surface area contributed by atoms with E-state index >= 15 is 0 Å². The summed E-state index contributed by atoms with van der Waals surface area (Å²) in [7, 11) is 0. The summed E-state index contributed by atoms with van der Waals surface area (Å²) in [5.74, 6) is 0.778. The van der Waals surface area contributed by atoms with E-state index in [0.29, 0.717) is 43.8 Å². The molecular weight excluding hydrogens is 441 g/mol. The van der Waals surface area contributed by atoms with E-state index in [4.69, 9.17) is 32.7 Å². The van der Waals surface area contributed by atoms with Crippen molar-refractivity contribution >= 4 is 40.7 Å². The number of ether oxygens (including phenoxy) is 2. The fourth-order valence-electron chi connectivity index (χ4n) is 3.23. The van der Waals surface area contributed by atoms with E-state index in [1.165, 1.54) is 12.1 Å². The third-order valence-electron chi connectivity index (χ3n) is 4.79. The Morgan fingerprint density at radius 1 is 1.10 bits per heavy atom. The zero-order chi connectivity index (χ0) is 22.1. The topological polar surface area (TPSA) is 78.7 Å². The molecule has 1 heterocycles. The van der Waals surface area contributed by atoms with E-state index in [0.717, 1.165) is 0 Å². The first kappa shape index (κ1) is 20.9. The minimum atomic E-state index is -0.481. The highest BCUT2D eigenvalue weighted by Crippen LogP contribution is 2.38. The number of benzene rings is 3. The molecule has 4 rings (SSSR count). The van der Waals surface area contributed by atoms with Crippen LogP contribution in [-0.2, 0) is 6.61 Å². The van der Waals surface area contributed by atoms with Crippen LogP contribution in [-0.4, -0.2) is 10.7 Å². The minimum absolute atomic E-state index is 0.0274. The number of hydrogen-bond acceptors (Lipinski definition) is 5. The molecular formula is C23H15Cl2NO5. The molecule has 0 aliphatic carbocycles. The van der Waals surface area contributed by atoms with E-state index in [2.05, 4.69) is 0 Å². The maximum absolute atomic E-state index is 12.8. The first-order valence-electron chi connectivity index (χ1n) is 9.22. The molecule has 0 fully saturated rings. The molecule has 0 saturated carbocycles. The van der Waals surface area contributed by atoms with Crippen LogP contribution in [0.25, 0.3) is 6.08 Å². The number of non-ortho nitro benzene ring substituents is 1. The first-order valence-corrected chi connectivity index (χ1v) is 9.98. The second-order valence-electron chi connectivity index (χ2n) is 6.89. The number of allylic oxidation sites excluding steroid dienone is 1. The Bertz CT molecular complexity index is 1220. The summed E-state index contributed by atoms with van der Waals surface area (Å²) in [6.07, 6.45) is 1.55. The average molecular weight is 456 g/mol. The van der Waals surface area contributed by atoms with Gasteiger partial charge in [0, 0.05) is 33.8 Å². The van der Waals surface area contributed by atoms with Gasteiger partial charge in [0.25, 0.3) is 5.69 Å². The number of nitrogens with zero attached hydrogens (tertiary/aromatic N) is 1. The Morgan fingerprint density at radius 3 is 2.42 bits per heavy atom. The molecule has 6 nitrogen and oxygen atoms in total. The van der Waals surface area contributed by atoms with Crippen LogP contribution in [0, 0.1) is 17.0 Å². The molecule has 0 bridgehead atoms. The molecule has 31 heavy (non-hydrogen) atoms. The lowest BCUT2D eigenvalue weighted by molar-refractivity contribution is -0.384. The van der Waals surface area contributed by atoms with Crippen LogP contribution < -0.4 is 9.47 Å². The van der Waals surface area contributed by atoms with E-state index in [1.54, 1.807) is 55.5 Å². The molecule has 0 amide bonds. The predicted molar refractivity (Wildman–Crippen MR) is 118 cm³/mol. The number of carbonyl (C=O) groups is 1. The lowest BCUT2D eigenvalue weighted by Crippen LogP contribution is -2.00. The number of halogens is 2. The third kappa shape index (κ3) is 4.26. The Morgan fingerprint density at radius 2 is 1.77 bits per heavy atom. The number of aryl methyl sites for hydroxylation is 1. The van der Waals surface area contributed by atoms with Gasteiger partial charge in [-0.1, -0.05) is 29.3 Å². The third-order valence-corrected chi connectivity index (χ3v) is 5.50. The van der Waals surface area contributed by atoms with Crippen LogP contribution >= 0.6 is 23.2 Å². The number of nitro benzene ring substituents is 1. The Kier molecular flexibility index (Phi) is 5.67. The van der Waals surface area contributed by atoms with Crippen molar-refractivity contribution in [1.82, 2.24) is 0 Å². The van der Waals surface area contributed by atoms with Gasteiger partial charge in [-0.15, -0.1) is 0 Å². The van der Waals surface area contributed by atoms with E-state index in [-0.39, 0.29) is 23.8 Å². The quantitative estimate of drug-likeness (QED) is 0.252. The highest BCUT2D eigenvalue weighted by molar-refractivity contribution is 6.35. The standard InChI is InChI=1S/C23H15Cl2NO5/c1-13-9-16(30-12-17-18(24)3-2-4-19(17)25)11-20-22(13)23(27)21(31-20)10-14-5-7-15(8-6-14)26(28)29/h2-11H,12H2,1H3/b21-10-. The molecule has 1 aliphatic heterocycles. The maximum Gasteiger partial charge on any atom is 0.269 e. The second kappa shape index (κ2) is 8.41. The van der Waals surface area contributed by atoms with Crippen LogP contribution in [0.2, 0.25) is 10.0 Å². The van der Waals surface area contributed by atoms with Gasteiger partial charge in [0.1, 0.15) is 18.1 Å². The highest BCUT2D eigenvalue weighted by Gasteiger charge is 2.30. The number of carbonyl (C=O) groups excluding carboxylic acids is 1. The number of fused-ring (bicyclic) bond motifs is 1. The first-order chi connectivity index (χ1) is 14.8. The fourth-order valence-corrected chi connectivity index (χ4v) is 3.74. The van der Waals surface area contributed by atoms with Gasteiger partial charge < -0.3 is 9.47 Å². The van der Waals surface area contributed by atoms with Crippen LogP contribution in [0.3, 0.4) is 0 Å². The van der Waals surface area contributed by atoms with Crippen molar-refractivity contribution in [3.63, 3.8) is 0 Å². The lowest BCUT2D eigenvalue weighted by atomic mass is 10.0. The molecule has 0 N–H and O–H groups in total. The Balaban J connectivity index is 1.56. The fraction of sp³-hybridized carbons (Fsp3) is 0.0870. The van der Waals surface area contributed by atoms with Crippen molar-refractivity contribution in [2.45, 2.75) is 13.5 Å². The van der Waals surface area contributed by atoms with Crippen molar-refractivity contribution in [1.29, 1.82) is 0 Å². The molecule has 3 aromatic rings. The molecule has 8 heteroatoms. The molecule has 0 spiro atoms. The van der Waals surface area contributed by atoms with Crippen molar-refractivity contribution < 1.29 is 19.2 Å². The second-order valence-corrected chi connectivity index (χ2v) is 7.71. The normalized spacial score (nSPS) is 13.8.